The second kappa shape index (κ2) is 5.37. The highest BCUT2D eigenvalue weighted by atomic mass is 32.2. The maximum atomic E-state index is 4.50. The first-order chi connectivity index (χ1) is 7.86. The first-order valence-electron chi connectivity index (χ1n) is 5.45. The molecule has 0 atom stereocenters. The van der Waals surface area contributed by atoms with Crippen LogP contribution < -0.4 is 10.2 Å². The highest BCUT2D eigenvalue weighted by molar-refractivity contribution is 8.13. The van der Waals surface area contributed by atoms with Gasteiger partial charge in [-0.2, -0.15) is 0 Å². The van der Waals surface area contributed by atoms with E-state index in [9.17, 15) is 0 Å². The van der Waals surface area contributed by atoms with Gasteiger partial charge in [-0.25, -0.2) is 0 Å². The van der Waals surface area contributed by atoms with Gasteiger partial charge in [0.15, 0.2) is 5.17 Å². The topological polar surface area (TPSA) is 27.6 Å². The number of aliphatic imine (C=N–C) groups is 1. The molecule has 1 aliphatic rings. The van der Waals surface area contributed by atoms with E-state index in [-0.39, 0.29) is 0 Å². The molecular weight excluding hydrogens is 218 g/mol. The molecule has 3 nitrogen and oxygen atoms in total. The van der Waals surface area contributed by atoms with Gasteiger partial charge in [0.2, 0.25) is 0 Å². The van der Waals surface area contributed by atoms with Gasteiger partial charge in [-0.15, -0.1) is 0 Å². The van der Waals surface area contributed by atoms with Gasteiger partial charge in [0.1, 0.15) is 0 Å². The SMILES string of the molecule is CNCc1ccccc1N1CCN=C1SC. The lowest BCUT2D eigenvalue weighted by molar-refractivity contribution is 0.815. The predicted octanol–water partition coefficient (Wildman–Crippen LogP) is 1.95. The van der Waals surface area contributed by atoms with Crippen LogP contribution in [0, 0.1) is 0 Å². The van der Waals surface area contributed by atoms with E-state index in [2.05, 4.69) is 45.7 Å². The molecule has 0 unspecified atom stereocenters. The van der Waals surface area contributed by atoms with Gasteiger partial charge in [0.25, 0.3) is 0 Å². The van der Waals surface area contributed by atoms with Gasteiger partial charge in [-0.1, -0.05) is 30.0 Å². The fourth-order valence-corrected chi connectivity index (χ4v) is 2.57. The summed E-state index contributed by atoms with van der Waals surface area (Å²) in [5.41, 5.74) is 2.61. The van der Waals surface area contributed by atoms with Crippen LogP contribution in [0.2, 0.25) is 0 Å². The first kappa shape index (κ1) is 11.5. The van der Waals surface area contributed by atoms with E-state index < -0.39 is 0 Å². The number of nitrogens with one attached hydrogen (secondary N) is 1. The molecule has 0 amide bonds. The fourth-order valence-electron chi connectivity index (χ4n) is 1.94. The summed E-state index contributed by atoms with van der Waals surface area (Å²) in [6, 6.07) is 8.51. The molecule has 4 heteroatoms. The molecule has 0 saturated heterocycles. The zero-order valence-electron chi connectivity index (χ0n) is 9.73. The Bertz CT molecular complexity index is 390. The normalized spacial score (nSPS) is 15.4. The van der Waals surface area contributed by atoms with Crippen molar-refractivity contribution in [1.29, 1.82) is 0 Å². The average molecular weight is 235 g/mol. The van der Waals surface area contributed by atoms with Crippen molar-refractivity contribution in [3.05, 3.63) is 29.8 Å². The van der Waals surface area contributed by atoms with Crippen LogP contribution >= 0.6 is 11.8 Å². The average Bonchev–Trinajstić information content (AvgIpc) is 2.78. The number of nitrogens with zero attached hydrogens (tertiary/aromatic N) is 2. The largest absolute Gasteiger partial charge is 0.319 e. The van der Waals surface area contributed by atoms with E-state index in [1.54, 1.807) is 11.8 Å². The Hall–Kier alpha value is -1.00. The van der Waals surface area contributed by atoms with Crippen LogP contribution in [0.3, 0.4) is 0 Å². The molecular formula is C12H17N3S. The molecule has 0 aliphatic carbocycles. The number of hydrogen-bond acceptors (Lipinski definition) is 4. The molecule has 2 rings (SSSR count). The minimum atomic E-state index is 0.897. The Morgan fingerprint density at radius 1 is 1.44 bits per heavy atom. The van der Waals surface area contributed by atoms with Crippen molar-refractivity contribution in [1.82, 2.24) is 5.32 Å². The van der Waals surface area contributed by atoms with Crippen molar-refractivity contribution < 1.29 is 0 Å². The predicted molar refractivity (Wildman–Crippen MR) is 72.4 cm³/mol. The smallest absolute Gasteiger partial charge is 0.163 e. The Kier molecular flexibility index (Phi) is 3.85. The van der Waals surface area contributed by atoms with E-state index >= 15 is 0 Å². The van der Waals surface area contributed by atoms with Crippen molar-refractivity contribution in [3.8, 4) is 0 Å². The molecule has 1 aromatic carbocycles. The molecule has 86 valence electrons. The summed E-state index contributed by atoms with van der Waals surface area (Å²) in [7, 11) is 1.98. The zero-order valence-corrected chi connectivity index (χ0v) is 10.5. The van der Waals surface area contributed by atoms with Gasteiger partial charge in [-0.05, 0) is 24.9 Å². The lowest BCUT2D eigenvalue weighted by Crippen LogP contribution is -2.26. The van der Waals surface area contributed by atoms with Crippen LogP contribution in [0.4, 0.5) is 5.69 Å². The third-order valence-corrected chi connectivity index (χ3v) is 3.35. The molecule has 0 fully saturated rings. The van der Waals surface area contributed by atoms with E-state index in [1.165, 1.54) is 11.3 Å². The molecule has 1 N–H and O–H groups in total. The number of para-hydroxylation sites is 1. The summed E-state index contributed by atoms with van der Waals surface area (Å²) >= 11 is 1.72. The molecule has 1 aromatic rings. The third-order valence-electron chi connectivity index (χ3n) is 2.63. The van der Waals surface area contributed by atoms with Crippen LogP contribution in [-0.2, 0) is 6.54 Å². The molecule has 0 aromatic heterocycles. The summed E-state index contributed by atoms with van der Waals surface area (Å²) in [5.74, 6) is 0. The van der Waals surface area contributed by atoms with E-state index in [0.717, 1.165) is 24.8 Å². The highest BCUT2D eigenvalue weighted by Gasteiger charge is 2.19. The second-order valence-corrected chi connectivity index (χ2v) is 4.45. The van der Waals surface area contributed by atoms with Gasteiger partial charge >= 0.3 is 0 Å². The quantitative estimate of drug-likeness (QED) is 0.867. The Morgan fingerprint density at radius 2 is 2.25 bits per heavy atom. The summed E-state index contributed by atoms with van der Waals surface area (Å²) in [6.07, 6.45) is 2.08. The molecule has 0 bridgehead atoms. The number of thioether (sulfide) groups is 1. The Balaban J connectivity index is 2.29. The highest BCUT2D eigenvalue weighted by Crippen LogP contribution is 2.25. The maximum absolute atomic E-state index is 4.50. The minimum absolute atomic E-state index is 0.897. The van der Waals surface area contributed by atoms with Gasteiger partial charge in [-0.3, -0.25) is 4.99 Å². The minimum Gasteiger partial charge on any atom is -0.319 e. The lowest BCUT2D eigenvalue weighted by atomic mass is 10.1. The Labute approximate surface area is 101 Å². The second-order valence-electron chi connectivity index (χ2n) is 3.68. The standard InChI is InChI=1S/C12H17N3S/c1-13-9-10-5-3-4-6-11(10)15-8-7-14-12(15)16-2/h3-6,13H,7-9H2,1-2H3. The van der Waals surface area contributed by atoms with Crippen LogP contribution in [0.1, 0.15) is 5.56 Å². The van der Waals surface area contributed by atoms with Crippen molar-refractivity contribution in [2.45, 2.75) is 6.54 Å². The molecule has 0 radical (unpaired) electrons. The van der Waals surface area contributed by atoms with Crippen LogP contribution in [-0.4, -0.2) is 31.6 Å². The summed E-state index contributed by atoms with van der Waals surface area (Å²) in [4.78, 5) is 6.80. The summed E-state index contributed by atoms with van der Waals surface area (Å²) < 4.78 is 0. The van der Waals surface area contributed by atoms with Crippen molar-refractivity contribution in [2.75, 3.05) is 31.3 Å². The third kappa shape index (κ3) is 2.23. The van der Waals surface area contributed by atoms with Gasteiger partial charge in [0, 0.05) is 18.8 Å². The first-order valence-corrected chi connectivity index (χ1v) is 6.67. The number of hydrogen-bond donors (Lipinski definition) is 1. The van der Waals surface area contributed by atoms with Crippen molar-refractivity contribution in [2.24, 2.45) is 4.99 Å². The van der Waals surface area contributed by atoms with Crippen LogP contribution in [0.5, 0.6) is 0 Å². The molecule has 0 spiro atoms. The van der Waals surface area contributed by atoms with E-state index in [0.29, 0.717) is 0 Å². The van der Waals surface area contributed by atoms with Crippen molar-refractivity contribution in [3.63, 3.8) is 0 Å². The maximum Gasteiger partial charge on any atom is 0.163 e. The van der Waals surface area contributed by atoms with Gasteiger partial charge < -0.3 is 10.2 Å². The van der Waals surface area contributed by atoms with Crippen LogP contribution in [0.25, 0.3) is 0 Å². The molecule has 1 heterocycles. The number of benzene rings is 1. The zero-order chi connectivity index (χ0) is 11.4. The Morgan fingerprint density at radius 3 is 3.00 bits per heavy atom. The number of amidine groups is 1. The number of anilines is 1. The van der Waals surface area contributed by atoms with E-state index in [1.807, 2.05) is 7.05 Å². The number of rotatable bonds is 3. The molecule has 1 aliphatic heterocycles. The lowest BCUT2D eigenvalue weighted by Gasteiger charge is -2.22. The fraction of sp³-hybridized carbons (Fsp3) is 0.417. The summed E-state index contributed by atoms with van der Waals surface area (Å²) in [6.45, 7) is 2.80. The molecule has 0 saturated carbocycles. The monoisotopic (exact) mass is 235 g/mol. The molecule has 16 heavy (non-hydrogen) atoms. The van der Waals surface area contributed by atoms with Crippen LogP contribution in [0.15, 0.2) is 29.3 Å². The van der Waals surface area contributed by atoms with E-state index in [4.69, 9.17) is 0 Å². The van der Waals surface area contributed by atoms with Gasteiger partial charge in [0.05, 0.1) is 6.54 Å². The van der Waals surface area contributed by atoms with Crippen molar-refractivity contribution >= 4 is 22.6 Å². The summed E-state index contributed by atoms with van der Waals surface area (Å²) in [5, 5.41) is 4.34.